The predicted octanol–water partition coefficient (Wildman–Crippen LogP) is 2.63. The van der Waals surface area contributed by atoms with Gasteiger partial charge in [0.05, 0.1) is 6.61 Å². The second-order valence-electron chi connectivity index (χ2n) is 8.74. The van der Waals surface area contributed by atoms with Gasteiger partial charge >= 0.3 is 5.97 Å². The van der Waals surface area contributed by atoms with Crippen molar-refractivity contribution in [3.8, 4) is 0 Å². The van der Waals surface area contributed by atoms with Gasteiger partial charge < -0.3 is 9.64 Å². The van der Waals surface area contributed by atoms with E-state index < -0.39 is 0 Å². The molecule has 8 heteroatoms. The number of hydrogen-bond acceptors (Lipinski definition) is 7. The lowest BCUT2D eigenvalue weighted by molar-refractivity contribution is -0.143. The Morgan fingerprint density at radius 1 is 1.23 bits per heavy atom. The van der Waals surface area contributed by atoms with E-state index in [2.05, 4.69) is 31.8 Å². The summed E-state index contributed by atoms with van der Waals surface area (Å²) in [5.74, 6) is 2.31. The number of nitrogens with zero attached hydrogens (tertiary/aromatic N) is 6. The zero-order valence-corrected chi connectivity index (χ0v) is 18.5. The fourth-order valence-corrected chi connectivity index (χ4v) is 5.05. The van der Waals surface area contributed by atoms with Gasteiger partial charge in [-0.05, 0) is 58.4 Å². The monoisotopic (exact) mass is 414 g/mol. The lowest BCUT2D eigenvalue weighted by Gasteiger charge is -2.42. The molecular weight excluding hydrogens is 380 g/mol. The van der Waals surface area contributed by atoms with Crippen molar-refractivity contribution in [3.05, 3.63) is 17.6 Å². The van der Waals surface area contributed by atoms with Crippen LogP contribution in [0.2, 0.25) is 0 Å². The third-order valence-corrected chi connectivity index (χ3v) is 6.56. The van der Waals surface area contributed by atoms with Crippen molar-refractivity contribution in [2.45, 2.75) is 65.3 Å². The molecule has 2 aromatic heterocycles. The van der Waals surface area contributed by atoms with Gasteiger partial charge in [0.2, 0.25) is 0 Å². The maximum absolute atomic E-state index is 12.0. The van der Waals surface area contributed by atoms with Crippen LogP contribution in [0.1, 0.15) is 57.2 Å². The molecule has 30 heavy (non-hydrogen) atoms. The molecule has 2 saturated heterocycles. The van der Waals surface area contributed by atoms with Gasteiger partial charge in [0.25, 0.3) is 5.78 Å². The maximum Gasteiger partial charge on any atom is 0.306 e. The van der Waals surface area contributed by atoms with Crippen LogP contribution in [0.15, 0.2) is 6.33 Å². The van der Waals surface area contributed by atoms with Crippen LogP contribution < -0.4 is 4.90 Å². The highest BCUT2D eigenvalue weighted by atomic mass is 16.5. The Balaban J connectivity index is 1.53. The maximum atomic E-state index is 12.0. The molecule has 0 spiro atoms. The number of carbonyl (C=O) groups excluding carboxylic acids is 1. The van der Waals surface area contributed by atoms with E-state index in [1.165, 1.54) is 25.9 Å². The highest BCUT2D eigenvalue weighted by Gasteiger charge is 2.30. The van der Waals surface area contributed by atoms with Gasteiger partial charge in [0.1, 0.15) is 12.1 Å². The Kier molecular flexibility index (Phi) is 6.51. The molecule has 1 atom stereocenters. The fourth-order valence-electron chi connectivity index (χ4n) is 5.05. The number of carbonyl (C=O) groups is 1. The van der Waals surface area contributed by atoms with Crippen molar-refractivity contribution in [2.24, 2.45) is 5.92 Å². The van der Waals surface area contributed by atoms with Crippen LogP contribution in [0.4, 0.5) is 5.82 Å². The first-order valence-electron chi connectivity index (χ1n) is 11.4. The van der Waals surface area contributed by atoms with Gasteiger partial charge in [0.15, 0.2) is 0 Å². The van der Waals surface area contributed by atoms with Gasteiger partial charge in [-0.1, -0.05) is 6.92 Å². The summed E-state index contributed by atoms with van der Waals surface area (Å²) in [6, 6.07) is 0.668. The average Bonchev–Trinajstić information content (AvgIpc) is 3.20. The number of hydrogen-bond donors (Lipinski definition) is 0. The highest BCUT2D eigenvalue weighted by molar-refractivity contribution is 5.70. The Morgan fingerprint density at radius 3 is 2.77 bits per heavy atom. The summed E-state index contributed by atoms with van der Waals surface area (Å²) in [6.45, 7) is 11.1. The zero-order chi connectivity index (χ0) is 21.1. The molecule has 2 aliphatic heterocycles. The number of likely N-dealkylation sites (tertiary alicyclic amines) is 1. The number of anilines is 1. The number of rotatable bonds is 6. The molecule has 0 amide bonds. The Bertz CT molecular complexity index is 874. The molecule has 0 N–H and O–H groups in total. The van der Waals surface area contributed by atoms with Gasteiger partial charge in [0, 0.05) is 43.4 Å². The number of aromatic nitrogens is 4. The summed E-state index contributed by atoms with van der Waals surface area (Å²) in [5, 5.41) is 4.45. The lowest BCUT2D eigenvalue weighted by Crippen LogP contribution is -2.48. The van der Waals surface area contributed by atoms with E-state index in [0.29, 0.717) is 31.3 Å². The summed E-state index contributed by atoms with van der Waals surface area (Å²) < 4.78 is 6.98. The molecule has 0 aromatic carbocycles. The van der Waals surface area contributed by atoms with E-state index in [1.807, 2.05) is 18.4 Å². The molecule has 164 valence electrons. The van der Waals surface area contributed by atoms with Crippen LogP contribution in [0, 0.1) is 12.8 Å². The lowest BCUT2D eigenvalue weighted by atomic mass is 9.95. The summed E-state index contributed by atoms with van der Waals surface area (Å²) in [6.07, 6.45) is 7.51. The molecule has 0 saturated carbocycles. The second kappa shape index (κ2) is 9.29. The number of fused-ring (bicyclic) bond motifs is 1. The molecular formula is C22H34N6O2. The van der Waals surface area contributed by atoms with Gasteiger partial charge in [-0.2, -0.15) is 14.6 Å². The van der Waals surface area contributed by atoms with Crippen molar-refractivity contribution in [3.63, 3.8) is 0 Å². The third-order valence-electron chi connectivity index (χ3n) is 6.56. The van der Waals surface area contributed by atoms with Crippen molar-refractivity contribution in [1.29, 1.82) is 0 Å². The molecule has 0 bridgehead atoms. The predicted molar refractivity (Wildman–Crippen MR) is 116 cm³/mol. The summed E-state index contributed by atoms with van der Waals surface area (Å²) in [7, 11) is 0. The molecule has 0 aliphatic carbocycles. The van der Waals surface area contributed by atoms with E-state index in [1.54, 1.807) is 6.33 Å². The number of aryl methyl sites for hydroxylation is 1. The van der Waals surface area contributed by atoms with E-state index in [4.69, 9.17) is 4.74 Å². The Labute approximate surface area is 178 Å². The molecule has 0 unspecified atom stereocenters. The smallest absolute Gasteiger partial charge is 0.306 e. The molecule has 0 radical (unpaired) electrons. The van der Waals surface area contributed by atoms with Crippen LogP contribution >= 0.6 is 0 Å². The minimum absolute atomic E-state index is 0.167. The number of esters is 1. The topological polar surface area (TPSA) is 75.9 Å². The molecule has 4 rings (SSSR count). The van der Waals surface area contributed by atoms with Crippen molar-refractivity contribution < 1.29 is 9.53 Å². The number of piperidine rings is 2. The summed E-state index contributed by atoms with van der Waals surface area (Å²) >= 11 is 0. The van der Waals surface area contributed by atoms with Gasteiger partial charge in [-0.3, -0.25) is 9.69 Å². The van der Waals surface area contributed by atoms with Crippen LogP contribution in [0.5, 0.6) is 0 Å². The Hall–Kier alpha value is -2.22. The van der Waals surface area contributed by atoms with Crippen LogP contribution in [-0.2, 0) is 16.0 Å². The van der Waals surface area contributed by atoms with Crippen molar-refractivity contribution in [2.75, 3.05) is 37.7 Å². The average molecular weight is 415 g/mol. The highest BCUT2D eigenvalue weighted by Crippen LogP contribution is 2.30. The first kappa shape index (κ1) is 21.0. The van der Waals surface area contributed by atoms with Crippen LogP contribution in [-0.4, -0.2) is 69.3 Å². The third kappa shape index (κ3) is 4.43. The number of ether oxygens (including phenoxy) is 1. The van der Waals surface area contributed by atoms with E-state index in [0.717, 1.165) is 48.9 Å². The van der Waals surface area contributed by atoms with Crippen LogP contribution in [0.3, 0.4) is 0 Å². The van der Waals surface area contributed by atoms with Crippen molar-refractivity contribution >= 4 is 17.6 Å². The van der Waals surface area contributed by atoms with E-state index in [-0.39, 0.29) is 5.97 Å². The van der Waals surface area contributed by atoms with Crippen molar-refractivity contribution in [1.82, 2.24) is 24.5 Å². The summed E-state index contributed by atoms with van der Waals surface area (Å²) in [5.41, 5.74) is 1.99. The standard InChI is InChI=1S/C22H34N6O2/c1-4-30-20(29)8-7-19-17(3)25-22-23-15-24-28(22)21(19)26-12-9-18(10-13-26)27-11-5-6-16(2)14-27/h15-16,18H,4-14H2,1-3H3/t16-/m1/s1. The van der Waals surface area contributed by atoms with Gasteiger partial charge in [-0.25, -0.2) is 4.98 Å². The quantitative estimate of drug-likeness (QED) is 0.673. The van der Waals surface area contributed by atoms with Crippen LogP contribution in [0.25, 0.3) is 5.78 Å². The first-order chi connectivity index (χ1) is 14.6. The summed E-state index contributed by atoms with van der Waals surface area (Å²) in [4.78, 5) is 26.0. The molecule has 4 heterocycles. The minimum atomic E-state index is -0.167. The largest absolute Gasteiger partial charge is 0.466 e. The molecule has 2 aromatic rings. The molecule has 2 fully saturated rings. The Morgan fingerprint density at radius 2 is 2.03 bits per heavy atom. The van der Waals surface area contributed by atoms with E-state index >= 15 is 0 Å². The van der Waals surface area contributed by atoms with E-state index in [9.17, 15) is 4.79 Å². The normalized spacial score (nSPS) is 21.3. The molecule has 2 aliphatic rings. The first-order valence-corrected chi connectivity index (χ1v) is 11.4. The SMILES string of the molecule is CCOC(=O)CCc1c(C)nc2ncnn2c1N1CCC(N2CCC[C@@H](C)C2)CC1. The fraction of sp³-hybridized carbons (Fsp3) is 0.727. The minimum Gasteiger partial charge on any atom is -0.466 e. The zero-order valence-electron chi connectivity index (χ0n) is 18.5. The second-order valence-corrected chi connectivity index (χ2v) is 8.74. The van der Waals surface area contributed by atoms with Gasteiger partial charge in [-0.15, -0.1) is 0 Å². The molecule has 8 nitrogen and oxygen atoms in total.